The van der Waals surface area contributed by atoms with Crippen LogP contribution in [-0.2, 0) is 16.4 Å². The Hall–Kier alpha value is -3.59. The van der Waals surface area contributed by atoms with Gasteiger partial charge in [-0.2, -0.15) is 0 Å². The highest BCUT2D eigenvalue weighted by molar-refractivity contribution is 7.92. The number of rotatable bonds is 8. The molecule has 5 rings (SSSR count). The average molecular weight is 504 g/mol. The first kappa shape index (κ1) is 24.1. The van der Waals surface area contributed by atoms with Gasteiger partial charge in [-0.05, 0) is 65.8 Å². The molecular formula is C28H29N3O4S. The number of aliphatic hydroxyl groups excluding tert-OH is 1. The number of nitrogens with one attached hydrogen (secondary N) is 2. The predicted octanol–water partition coefficient (Wildman–Crippen LogP) is 4.24. The number of sulfonamides is 1. The largest absolute Gasteiger partial charge is 0.489 e. The van der Waals surface area contributed by atoms with Crippen molar-refractivity contribution < 1.29 is 18.3 Å². The minimum absolute atomic E-state index is 0.0626. The zero-order valence-electron chi connectivity index (χ0n) is 19.7. The number of hydrogen-bond acceptors (Lipinski definition) is 6. The maximum atomic E-state index is 13.1. The van der Waals surface area contributed by atoms with E-state index in [1.54, 1.807) is 36.4 Å². The Labute approximate surface area is 211 Å². The molecule has 7 nitrogen and oxygen atoms in total. The van der Waals surface area contributed by atoms with Crippen LogP contribution < -0.4 is 20.5 Å². The Morgan fingerprint density at radius 1 is 1.00 bits per heavy atom. The molecular weight excluding hydrogens is 474 g/mol. The zero-order chi connectivity index (χ0) is 25.1. The molecule has 0 radical (unpaired) electrons. The molecule has 4 aromatic rings. The number of nitrogens with two attached hydrogens (primary N) is 1. The van der Waals surface area contributed by atoms with Crippen LogP contribution in [0.25, 0.3) is 10.8 Å². The van der Waals surface area contributed by atoms with Crippen LogP contribution in [0.1, 0.15) is 23.7 Å². The molecule has 5 N–H and O–H groups in total. The number of fused-ring (bicyclic) bond motifs is 2. The Kier molecular flexibility index (Phi) is 6.82. The van der Waals surface area contributed by atoms with Gasteiger partial charge in [0.25, 0.3) is 10.0 Å². The Morgan fingerprint density at radius 2 is 1.78 bits per heavy atom. The minimum atomic E-state index is -3.76. The van der Waals surface area contributed by atoms with Crippen LogP contribution in [0.15, 0.2) is 89.8 Å². The molecule has 0 saturated heterocycles. The first-order valence-corrected chi connectivity index (χ1v) is 13.4. The molecule has 0 aliphatic carbocycles. The monoisotopic (exact) mass is 503 g/mol. The molecule has 0 bridgehead atoms. The second-order valence-electron chi connectivity index (χ2n) is 9.02. The zero-order valence-corrected chi connectivity index (χ0v) is 20.5. The standard InChI is InChI=1S/C28H29N3O4S/c29-22-11-8-20(9-12-22)27(32)18-30-17-23-13-10-21-16-24(14-15-28(21)35-23)36(33,34)31-26-7-3-5-19-4-1-2-6-25(19)26/h1-9,11-12,14-16,23,27,30-32H,10,13,17-18,29H2. The number of anilines is 2. The lowest BCUT2D eigenvalue weighted by Crippen LogP contribution is -2.36. The van der Waals surface area contributed by atoms with E-state index in [1.807, 2.05) is 48.5 Å². The van der Waals surface area contributed by atoms with E-state index in [4.69, 9.17) is 10.5 Å². The fourth-order valence-electron chi connectivity index (χ4n) is 4.47. The van der Waals surface area contributed by atoms with Crippen molar-refractivity contribution in [2.45, 2.75) is 29.9 Å². The number of hydrogen-bond donors (Lipinski definition) is 4. The number of aryl methyl sites for hydroxylation is 1. The van der Waals surface area contributed by atoms with E-state index in [9.17, 15) is 13.5 Å². The summed E-state index contributed by atoms with van der Waals surface area (Å²) in [5.74, 6) is 0.691. The normalized spacial score (nSPS) is 16.2. The first-order chi connectivity index (χ1) is 17.4. The van der Waals surface area contributed by atoms with E-state index in [0.29, 0.717) is 36.6 Å². The highest BCUT2D eigenvalue weighted by Gasteiger charge is 2.23. The van der Waals surface area contributed by atoms with E-state index >= 15 is 0 Å². The molecule has 186 valence electrons. The van der Waals surface area contributed by atoms with Gasteiger partial charge in [0.05, 0.1) is 16.7 Å². The van der Waals surface area contributed by atoms with Crippen LogP contribution in [0.2, 0.25) is 0 Å². The summed E-state index contributed by atoms with van der Waals surface area (Å²) >= 11 is 0. The SMILES string of the molecule is Nc1ccc(C(O)CNCC2CCc3cc(S(=O)(=O)Nc4cccc5ccccc45)ccc3O2)cc1. The molecule has 0 fully saturated rings. The van der Waals surface area contributed by atoms with Crippen molar-refractivity contribution in [1.29, 1.82) is 0 Å². The van der Waals surface area contributed by atoms with Crippen molar-refractivity contribution in [2.24, 2.45) is 0 Å². The molecule has 0 saturated carbocycles. The van der Waals surface area contributed by atoms with E-state index in [1.165, 1.54) is 0 Å². The third kappa shape index (κ3) is 5.31. The summed E-state index contributed by atoms with van der Waals surface area (Å²) in [6.07, 6.45) is 0.758. The van der Waals surface area contributed by atoms with Gasteiger partial charge in [-0.25, -0.2) is 8.42 Å². The van der Waals surface area contributed by atoms with Crippen LogP contribution in [0.5, 0.6) is 5.75 Å². The molecule has 2 atom stereocenters. The summed E-state index contributed by atoms with van der Waals surface area (Å²) in [7, 11) is -3.76. The number of nitrogen functional groups attached to an aromatic ring is 1. The molecule has 8 heteroatoms. The summed E-state index contributed by atoms with van der Waals surface area (Å²) in [4.78, 5) is 0.209. The number of aliphatic hydroxyl groups is 1. The molecule has 2 unspecified atom stereocenters. The lowest BCUT2D eigenvalue weighted by Gasteiger charge is -2.27. The van der Waals surface area contributed by atoms with Gasteiger partial charge in [-0.3, -0.25) is 4.72 Å². The number of ether oxygens (including phenoxy) is 1. The quantitative estimate of drug-likeness (QED) is 0.268. The molecule has 36 heavy (non-hydrogen) atoms. The van der Waals surface area contributed by atoms with Crippen molar-refractivity contribution in [1.82, 2.24) is 5.32 Å². The van der Waals surface area contributed by atoms with Crippen molar-refractivity contribution >= 4 is 32.2 Å². The fraction of sp³-hybridized carbons (Fsp3) is 0.214. The van der Waals surface area contributed by atoms with Gasteiger partial charge in [-0.1, -0.05) is 48.5 Å². The Morgan fingerprint density at radius 3 is 2.61 bits per heavy atom. The van der Waals surface area contributed by atoms with Crippen LogP contribution >= 0.6 is 0 Å². The molecule has 4 aromatic carbocycles. The maximum Gasteiger partial charge on any atom is 0.261 e. The van der Waals surface area contributed by atoms with Crippen molar-refractivity contribution in [3.63, 3.8) is 0 Å². The van der Waals surface area contributed by atoms with Gasteiger partial charge in [0.2, 0.25) is 0 Å². The van der Waals surface area contributed by atoms with E-state index in [0.717, 1.165) is 28.3 Å². The molecule has 1 aliphatic heterocycles. The lowest BCUT2D eigenvalue weighted by atomic mass is 10.0. The van der Waals surface area contributed by atoms with Crippen LogP contribution in [0.4, 0.5) is 11.4 Å². The highest BCUT2D eigenvalue weighted by atomic mass is 32.2. The van der Waals surface area contributed by atoms with Crippen LogP contribution in [0, 0.1) is 0 Å². The summed E-state index contributed by atoms with van der Waals surface area (Å²) in [6, 6.07) is 25.4. The molecule has 1 aliphatic rings. The van der Waals surface area contributed by atoms with Gasteiger partial charge >= 0.3 is 0 Å². The Balaban J connectivity index is 1.21. The summed E-state index contributed by atoms with van der Waals surface area (Å²) < 4.78 is 35.1. The summed E-state index contributed by atoms with van der Waals surface area (Å²) in [5, 5.41) is 15.4. The third-order valence-corrected chi connectivity index (χ3v) is 7.80. The predicted molar refractivity (Wildman–Crippen MR) is 143 cm³/mol. The van der Waals surface area contributed by atoms with E-state index in [-0.39, 0.29) is 11.0 Å². The smallest absolute Gasteiger partial charge is 0.261 e. The highest BCUT2D eigenvalue weighted by Crippen LogP contribution is 2.31. The van der Waals surface area contributed by atoms with E-state index in [2.05, 4.69) is 10.0 Å². The second kappa shape index (κ2) is 10.2. The van der Waals surface area contributed by atoms with Gasteiger partial charge in [0.15, 0.2) is 0 Å². The first-order valence-electron chi connectivity index (χ1n) is 11.9. The summed E-state index contributed by atoms with van der Waals surface area (Å²) in [5.41, 5.74) is 8.58. The van der Waals surface area contributed by atoms with Crippen molar-refractivity contribution in [3.05, 3.63) is 96.1 Å². The van der Waals surface area contributed by atoms with Gasteiger partial charge in [-0.15, -0.1) is 0 Å². The van der Waals surface area contributed by atoms with Gasteiger partial charge in [0.1, 0.15) is 11.9 Å². The fourth-order valence-corrected chi connectivity index (χ4v) is 5.60. The maximum absolute atomic E-state index is 13.1. The second-order valence-corrected chi connectivity index (χ2v) is 10.7. The van der Waals surface area contributed by atoms with E-state index < -0.39 is 16.1 Å². The van der Waals surface area contributed by atoms with Crippen LogP contribution in [0.3, 0.4) is 0 Å². The van der Waals surface area contributed by atoms with Crippen molar-refractivity contribution in [2.75, 3.05) is 23.5 Å². The molecule has 0 spiro atoms. The lowest BCUT2D eigenvalue weighted by molar-refractivity contribution is 0.146. The topological polar surface area (TPSA) is 114 Å². The average Bonchev–Trinajstić information content (AvgIpc) is 2.89. The minimum Gasteiger partial charge on any atom is -0.489 e. The third-order valence-electron chi connectivity index (χ3n) is 6.44. The van der Waals surface area contributed by atoms with Gasteiger partial charge in [0, 0.05) is 24.2 Å². The molecule has 0 aromatic heterocycles. The number of benzene rings is 4. The van der Waals surface area contributed by atoms with Crippen LogP contribution in [-0.4, -0.2) is 32.7 Å². The molecule has 1 heterocycles. The molecule has 0 amide bonds. The van der Waals surface area contributed by atoms with Gasteiger partial charge < -0.3 is 20.9 Å². The van der Waals surface area contributed by atoms with Crippen molar-refractivity contribution in [3.8, 4) is 5.75 Å². The summed E-state index contributed by atoms with van der Waals surface area (Å²) in [6.45, 7) is 0.974. The Bertz CT molecular complexity index is 1470.